The van der Waals surface area contributed by atoms with Gasteiger partial charge in [-0.1, -0.05) is 0 Å². The Morgan fingerprint density at radius 2 is 2.26 bits per heavy atom. The van der Waals surface area contributed by atoms with Crippen molar-refractivity contribution < 1.29 is 5.11 Å². The third kappa shape index (κ3) is 4.56. The number of thiophene rings is 1. The number of aliphatic hydroxyl groups excluding tert-OH is 1. The van der Waals surface area contributed by atoms with Gasteiger partial charge in [-0.15, -0.1) is 0 Å². The van der Waals surface area contributed by atoms with E-state index in [2.05, 4.69) is 24.1 Å². The molecule has 1 aromatic heterocycles. The van der Waals surface area contributed by atoms with Crippen molar-refractivity contribution in [1.82, 2.24) is 10.2 Å². The molecule has 2 heterocycles. The second-order valence-corrected chi connectivity index (χ2v) is 6.52. The Balaban J connectivity index is 1.74. The Hall–Kier alpha value is -0.420. The van der Waals surface area contributed by atoms with E-state index in [1.54, 1.807) is 11.3 Å². The lowest BCUT2D eigenvalue weighted by Gasteiger charge is -2.24. The molecule has 0 spiro atoms. The van der Waals surface area contributed by atoms with Crippen LogP contribution < -0.4 is 5.32 Å². The summed E-state index contributed by atoms with van der Waals surface area (Å²) in [6.45, 7) is 7.60. The topological polar surface area (TPSA) is 35.5 Å². The third-order valence-corrected chi connectivity index (χ3v) is 4.72. The lowest BCUT2D eigenvalue weighted by Crippen LogP contribution is -2.35. The largest absolute Gasteiger partial charge is 0.387 e. The fourth-order valence-corrected chi connectivity index (χ4v) is 3.41. The maximum atomic E-state index is 10.1. The molecule has 1 saturated heterocycles. The lowest BCUT2D eigenvalue weighted by molar-refractivity contribution is 0.168. The molecule has 1 fully saturated rings. The fraction of sp³-hybridized carbons (Fsp3) is 0.733. The van der Waals surface area contributed by atoms with Crippen LogP contribution in [0.1, 0.15) is 44.8 Å². The van der Waals surface area contributed by atoms with E-state index >= 15 is 0 Å². The van der Waals surface area contributed by atoms with Crippen LogP contribution in [0.4, 0.5) is 0 Å². The molecule has 4 heteroatoms. The van der Waals surface area contributed by atoms with Crippen molar-refractivity contribution in [1.29, 1.82) is 0 Å². The van der Waals surface area contributed by atoms with Crippen molar-refractivity contribution in [3.63, 3.8) is 0 Å². The number of nitrogens with one attached hydrogen (secondary N) is 1. The van der Waals surface area contributed by atoms with Gasteiger partial charge in [0, 0.05) is 18.6 Å². The van der Waals surface area contributed by atoms with Crippen LogP contribution in [-0.2, 0) is 0 Å². The van der Waals surface area contributed by atoms with Gasteiger partial charge in [0.25, 0.3) is 0 Å². The molecule has 1 aromatic rings. The molecule has 0 radical (unpaired) electrons. The highest BCUT2D eigenvalue weighted by Gasteiger charge is 2.19. The molecule has 0 bridgehead atoms. The monoisotopic (exact) mass is 282 g/mol. The van der Waals surface area contributed by atoms with Crippen LogP contribution in [0.15, 0.2) is 16.8 Å². The molecule has 0 aromatic carbocycles. The standard InChI is InChI=1S/C15H26N2OS/c1-12(2)17-7-3-4-14(5-8-17)16-10-15(18)13-6-9-19-11-13/h6,9,11-12,14-16,18H,3-5,7-8,10H2,1-2H3. The van der Waals surface area contributed by atoms with Crippen molar-refractivity contribution in [2.75, 3.05) is 19.6 Å². The zero-order chi connectivity index (χ0) is 13.7. The maximum Gasteiger partial charge on any atom is 0.0922 e. The van der Waals surface area contributed by atoms with E-state index in [0.717, 1.165) is 5.56 Å². The molecular formula is C15H26N2OS. The highest BCUT2D eigenvalue weighted by atomic mass is 32.1. The van der Waals surface area contributed by atoms with Gasteiger partial charge < -0.3 is 15.3 Å². The van der Waals surface area contributed by atoms with Crippen LogP contribution >= 0.6 is 11.3 Å². The van der Waals surface area contributed by atoms with Crippen molar-refractivity contribution in [2.45, 2.75) is 51.3 Å². The van der Waals surface area contributed by atoms with Crippen LogP contribution in [-0.4, -0.2) is 41.7 Å². The van der Waals surface area contributed by atoms with Crippen LogP contribution in [0.3, 0.4) is 0 Å². The Labute approximate surface area is 120 Å². The minimum Gasteiger partial charge on any atom is -0.387 e. The van der Waals surface area contributed by atoms with Crippen molar-refractivity contribution in [3.05, 3.63) is 22.4 Å². The number of nitrogens with zero attached hydrogens (tertiary/aromatic N) is 1. The minimum atomic E-state index is -0.365. The van der Waals surface area contributed by atoms with Gasteiger partial charge in [0.05, 0.1) is 6.10 Å². The smallest absolute Gasteiger partial charge is 0.0922 e. The molecule has 2 rings (SSSR count). The fourth-order valence-electron chi connectivity index (χ4n) is 2.70. The summed E-state index contributed by atoms with van der Waals surface area (Å²) >= 11 is 1.64. The number of hydrogen-bond donors (Lipinski definition) is 2. The summed E-state index contributed by atoms with van der Waals surface area (Å²) < 4.78 is 0. The quantitative estimate of drug-likeness (QED) is 0.871. The Morgan fingerprint density at radius 3 is 2.95 bits per heavy atom. The predicted octanol–water partition coefficient (Wildman–Crippen LogP) is 2.63. The SMILES string of the molecule is CC(C)N1CCCC(NCC(O)c2ccsc2)CC1. The van der Waals surface area contributed by atoms with Gasteiger partial charge in [-0.2, -0.15) is 11.3 Å². The summed E-state index contributed by atoms with van der Waals surface area (Å²) in [4.78, 5) is 2.55. The molecule has 2 N–H and O–H groups in total. The highest BCUT2D eigenvalue weighted by molar-refractivity contribution is 7.07. The second kappa shape index (κ2) is 7.39. The first-order valence-corrected chi connectivity index (χ1v) is 8.28. The van der Waals surface area contributed by atoms with E-state index in [-0.39, 0.29) is 6.10 Å². The van der Waals surface area contributed by atoms with Gasteiger partial charge in [-0.3, -0.25) is 0 Å². The maximum absolute atomic E-state index is 10.1. The van der Waals surface area contributed by atoms with Gasteiger partial charge in [-0.25, -0.2) is 0 Å². The molecule has 0 aliphatic carbocycles. The highest BCUT2D eigenvalue weighted by Crippen LogP contribution is 2.17. The number of likely N-dealkylation sites (tertiary alicyclic amines) is 1. The van der Waals surface area contributed by atoms with Crippen molar-refractivity contribution in [3.8, 4) is 0 Å². The van der Waals surface area contributed by atoms with Gasteiger partial charge in [-0.05, 0) is 68.6 Å². The van der Waals surface area contributed by atoms with Crippen molar-refractivity contribution >= 4 is 11.3 Å². The average molecular weight is 282 g/mol. The Kier molecular flexibility index (Phi) is 5.82. The molecule has 0 amide bonds. The van der Waals surface area contributed by atoms with Gasteiger partial charge in [0.2, 0.25) is 0 Å². The van der Waals surface area contributed by atoms with E-state index in [4.69, 9.17) is 0 Å². The number of hydrogen-bond acceptors (Lipinski definition) is 4. The number of aliphatic hydroxyl groups is 1. The molecule has 1 aliphatic rings. The predicted molar refractivity (Wildman–Crippen MR) is 81.6 cm³/mol. The van der Waals surface area contributed by atoms with Gasteiger partial charge in [0.1, 0.15) is 0 Å². The first-order chi connectivity index (χ1) is 9.16. The molecule has 19 heavy (non-hydrogen) atoms. The van der Waals surface area contributed by atoms with Gasteiger partial charge >= 0.3 is 0 Å². The van der Waals surface area contributed by atoms with Gasteiger partial charge in [0.15, 0.2) is 0 Å². The minimum absolute atomic E-state index is 0.365. The van der Waals surface area contributed by atoms with E-state index in [9.17, 15) is 5.11 Å². The molecule has 1 aliphatic heterocycles. The first-order valence-electron chi connectivity index (χ1n) is 7.34. The first kappa shape index (κ1) is 15.0. The van der Waals surface area contributed by atoms with E-state index in [0.29, 0.717) is 18.6 Å². The third-order valence-electron chi connectivity index (χ3n) is 4.02. The van der Waals surface area contributed by atoms with Crippen molar-refractivity contribution in [2.24, 2.45) is 0 Å². The molecule has 0 saturated carbocycles. The Bertz CT molecular complexity index is 353. The average Bonchev–Trinajstić information content (AvgIpc) is 2.81. The zero-order valence-electron chi connectivity index (χ0n) is 12.0. The molecule has 2 unspecified atom stereocenters. The summed E-state index contributed by atoms with van der Waals surface area (Å²) in [5.41, 5.74) is 1.04. The summed E-state index contributed by atoms with van der Waals surface area (Å²) in [7, 11) is 0. The summed E-state index contributed by atoms with van der Waals surface area (Å²) in [6, 6.07) is 3.21. The van der Waals surface area contributed by atoms with E-state index in [1.165, 1.54) is 32.4 Å². The van der Waals surface area contributed by atoms with Crippen LogP contribution in [0.5, 0.6) is 0 Å². The molecule has 108 valence electrons. The summed E-state index contributed by atoms with van der Waals surface area (Å²) in [5.74, 6) is 0. The lowest BCUT2D eigenvalue weighted by atomic mass is 10.1. The number of rotatable bonds is 5. The van der Waals surface area contributed by atoms with E-state index < -0.39 is 0 Å². The second-order valence-electron chi connectivity index (χ2n) is 5.74. The zero-order valence-corrected chi connectivity index (χ0v) is 12.8. The summed E-state index contributed by atoms with van der Waals surface area (Å²) in [5, 5.41) is 17.7. The molecule has 3 nitrogen and oxygen atoms in total. The van der Waals surface area contributed by atoms with Crippen LogP contribution in [0.2, 0.25) is 0 Å². The molecular weight excluding hydrogens is 256 g/mol. The Morgan fingerprint density at radius 1 is 1.42 bits per heavy atom. The van der Waals surface area contributed by atoms with Crippen LogP contribution in [0.25, 0.3) is 0 Å². The van der Waals surface area contributed by atoms with E-state index in [1.807, 2.05) is 16.8 Å². The molecule has 2 atom stereocenters. The normalized spacial score (nSPS) is 23.5. The van der Waals surface area contributed by atoms with Crippen LogP contribution in [0, 0.1) is 0 Å². The summed E-state index contributed by atoms with van der Waals surface area (Å²) in [6.07, 6.45) is 3.30.